The van der Waals surface area contributed by atoms with Crippen molar-refractivity contribution in [2.75, 3.05) is 18.2 Å². The third-order valence-corrected chi connectivity index (χ3v) is 5.41. The zero-order valence-electron chi connectivity index (χ0n) is 13.6. The number of thioether (sulfide) groups is 1. The summed E-state index contributed by atoms with van der Waals surface area (Å²) >= 11 is 3.01. The van der Waals surface area contributed by atoms with Gasteiger partial charge in [0.05, 0.1) is 12.7 Å². The predicted molar refractivity (Wildman–Crippen MR) is 102 cm³/mol. The van der Waals surface area contributed by atoms with Gasteiger partial charge in [0, 0.05) is 5.75 Å². The third-order valence-electron chi connectivity index (χ3n) is 3.44. The Morgan fingerprint density at radius 2 is 1.88 bits per heavy atom. The summed E-state index contributed by atoms with van der Waals surface area (Å²) in [4.78, 5) is 12.3. The smallest absolute Gasteiger partial charge is 0.261 e. The van der Waals surface area contributed by atoms with E-state index in [-0.39, 0.29) is 5.91 Å². The van der Waals surface area contributed by atoms with Crippen LogP contribution in [0.15, 0.2) is 58.9 Å². The summed E-state index contributed by atoms with van der Waals surface area (Å²) in [5.41, 5.74) is 1.77. The van der Waals surface area contributed by atoms with Crippen LogP contribution >= 0.6 is 23.1 Å². The van der Waals surface area contributed by atoms with Crippen molar-refractivity contribution in [2.24, 2.45) is 0 Å². The number of carbonyl (C=O) groups is 1. The zero-order chi connectivity index (χ0) is 17.5. The molecule has 25 heavy (non-hydrogen) atoms. The maximum absolute atomic E-state index is 12.3. The van der Waals surface area contributed by atoms with Crippen LogP contribution < -0.4 is 10.1 Å². The molecule has 3 aromatic rings. The Kier molecular flexibility index (Phi) is 6.03. The number of methoxy groups -OCH3 is 1. The molecular formula is C18H17N3O2S2. The molecule has 0 aliphatic heterocycles. The Labute approximate surface area is 154 Å². The van der Waals surface area contributed by atoms with Gasteiger partial charge in [-0.15, -0.1) is 10.2 Å². The fourth-order valence-electron chi connectivity index (χ4n) is 2.22. The second kappa shape index (κ2) is 8.64. The molecular weight excluding hydrogens is 354 g/mol. The molecule has 0 atom stereocenters. The second-order valence-electron chi connectivity index (χ2n) is 5.11. The summed E-state index contributed by atoms with van der Waals surface area (Å²) in [6.45, 7) is 0. The van der Waals surface area contributed by atoms with Crippen LogP contribution in [0.5, 0.6) is 5.75 Å². The van der Waals surface area contributed by atoms with Crippen LogP contribution in [0.3, 0.4) is 0 Å². The molecule has 0 spiro atoms. The molecule has 0 aliphatic rings. The lowest BCUT2D eigenvalue weighted by Crippen LogP contribution is -2.12. The number of nitrogens with one attached hydrogen (secondary N) is 1. The van der Waals surface area contributed by atoms with E-state index < -0.39 is 0 Å². The lowest BCUT2D eigenvalue weighted by Gasteiger charge is -2.06. The number of aromatic nitrogens is 2. The van der Waals surface area contributed by atoms with Gasteiger partial charge < -0.3 is 4.74 Å². The number of rotatable bonds is 7. The van der Waals surface area contributed by atoms with Gasteiger partial charge in [-0.2, -0.15) is 0 Å². The third kappa shape index (κ3) is 4.80. The first kappa shape index (κ1) is 17.4. The van der Waals surface area contributed by atoms with Crippen LogP contribution in [0.25, 0.3) is 0 Å². The van der Waals surface area contributed by atoms with E-state index in [0.717, 1.165) is 16.5 Å². The van der Waals surface area contributed by atoms with Gasteiger partial charge in [0.15, 0.2) is 4.34 Å². The van der Waals surface area contributed by atoms with Crippen LogP contribution in [-0.4, -0.2) is 29.0 Å². The number of hydrogen-bond acceptors (Lipinski definition) is 6. The average Bonchev–Trinajstić information content (AvgIpc) is 3.09. The molecule has 1 aromatic heterocycles. The first-order valence-electron chi connectivity index (χ1n) is 7.71. The Bertz CT molecular complexity index is 837. The quantitative estimate of drug-likeness (QED) is 0.500. The van der Waals surface area contributed by atoms with Crippen LogP contribution in [0.2, 0.25) is 0 Å². The van der Waals surface area contributed by atoms with E-state index in [1.165, 1.54) is 16.9 Å². The van der Waals surface area contributed by atoms with Gasteiger partial charge in [0.25, 0.3) is 5.91 Å². The number of ether oxygens (including phenoxy) is 1. The maximum Gasteiger partial charge on any atom is 0.261 e. The van der Waals surface area contributed by atoms with E-state index in [2.05, 4.69) is 27.6 Å². The summed E-state index contributed by atoms with van der Waals surface area (Å²) in [7, 11) is 1.54. The molecule has 2 aromatic carbocycles. The van der Waals surface area contributed by atoms with Gasteiger partial charge in [-0.1, -0.05) is 65.6 Å². The zero-order valence-corrected chi connectivity index (χ0v) is 15.3. The lowest BCUT2D eigenvalue weighted by molar-refractivity contribution is 0.102. The molecule has 0 radical (unpaired) electrons. The van der Waals surface area contributed by atoms with Crippen LogP contribution in [0.4, 0.5) is 5.13 Å². The molecule has 1 N–H and O–H groups in total. The van der Waals surface area contributed by atoms with E-state index in [1.54, 1.807) is 37.1 Å². The molecule has 0 saturated carbocycles. The summed E-state index contributed by atoms with van der Waals surface area (Å²) in [5.74, 6) is 1.19. The van der Waals surface area contributed by atoms with Gasteiger partial charge in [-0.05, 0) is 24.1 Å². The Morgan fingerprint density at radius 3 is 2.68 bits per heavy atom. The lowest BCUT2D eigenvalue weighted by atomic mass is 10.2. The topological polar surface area (TPSA) is 64.1 Å². The Morgan fingerprint density at radius 1 is 1.12 bits per heavy atom. The molecule has 0 saturated heterocycles. The van der Waals surface area contributed by atoms with Gasteiger partial charge in [0.1, 0.15) is 5.75 Å². The molecule has 0 fully saturated rings. The van der Waals surface area contributed by atoms with Gasteiger partial charge in [0.2, 0.25) is 5.13 Å². The fraction of sp³-hybridized carbons (Fsp3) is 0.167. The molecule has 5 nitrogen and oxygen atoms in total. The van der Waals surface area contributed by atoms with Gasteiger partial charge in [-0.25, -0.2) is 0 Å². The van der Waals surface area contributed by atoms with Crippen molar-refractivity contribution >= 4 is 34.1 Å². The summed E-state index contributed by atoms with van der Waals surface area (Å²) in [6.07, 6.45) is 0.966. The second-order valence-corrected chi connectivity index (χ2v) is 7.43. The molecule has 1 heterocycles. The number of anilines is 1. The first-order valence-corrected chi connectivity index (χ1v) is 9.51. The number of para-hydroxylation sites is 1. The molecule has 0 aliphatic carbocycles. The van der Waals surface area contributed by atoms with Crippen molar-refractivity contribution in [1.82, 2.24) is 10.2 Å². The highest BCUT2D eigenvalue weighted by molar-refractivity contribution is 8.01. The summed E-state index contributed by atoms with van der Waals surface area (Å²) in [5, 5.41) is 11.4. The number of benzene rings is 2. The van der Waals surface area contributed by atoms with Crippen molar-refractivity contribution in [3.63, 3.8) is 0 Å². The minimum Gasteiger partial charge on any atom is -0.496 e. The minimum absolute atomic E-state index is 0.255. The van der Waals surface area contributed by atoms with E-state index in [4.69, 9.17) is 4.74 Å². The molecule has 128 valence electrons. The fourth-order valence-corrected chi connectivity index (χ4v) is 4.02. The average molecular weight is 371 g/mol. The Hall–Kier alpha value is -2.38. The van der Waals surface area contributed by atoms with Crippen LogP contribution in [-0.2, 0) is 6.42 Å². The van der Waals surface area contributed by atoms with E-state index in [9.17, 15) is 4.79 Å². The van der Waals surface area contributed by atoms with Crippen molar-refractivity contribution in [1.29, 1.82) is 0 Å². The van der Waals surface area contributed by atoms with Crippen molar-refractivity contribution in [2.45, 2.75) is 10.8 Å². The number of hydrogen-bond donors (Lipinski definition) is 1. The highest BCUT2D eigenvalue weighted by atomic mass is 32.2. The van der Waals surface area contributed by atoms with Crippen molar-refractivity contribution in [3.8, 4) is 5.75 Å². The molecule has 0 bridgehead atoms. The van der Waals surface area contributed by atoms with E-state index in [0.29, 0.717) is 16.4 Å². The minimum atomic E-state index is -0.255. The van der Waals surface area contributed by atoms with Crippen molar-refractivity contribution in [3.05, 3.63) is 65.7 Å². The molecule has 0 unspecified atom stereocenters. The first-order chi connectivity index (χ1) is 12.3. The monoisotopic (exact) mass is 371 g/mol. The normalized spacial score (nSPS) is 10.4. The van der Waals surface area contributed by atoms with E-state index in [1.807, 2.05) is 24.3 Å². The Balaban J connectivity index is 1.55. The molecule has 7 heteroatoms. The standard InChI is InChI=1S/C18H17N3O2S2/c1-23-15-10-6-5-9-14(15)16(22)19-17-20-21-18(25-17)24-12-11-13-7-3-2-4-8-13/h2-10H,11-12H2,1H3,(H,19,20,22). The highest BCUT2D eigenvalue weighted by Gasteiger charge is 2.14. The number of nitrogens with zero attached hydrogens (tertiary/aromatic N) is 2. The van der Waals surface area contributed by atoms with Gasteiger partial charge in [-0.3, -0.25) is 10.1 Å². The largest absolute Gasteiger partial charge is 0.496 e. The SMILES string of the molecule is COc1ccccc1C(=O)Nc1nnc(SCCc2ccccc2)s1. The molecule has 3 rings (SSSR count). The molecule has 1 amide bonds. The number of aryl methyl sites for hydroxylation is 1. The summed E-state index contributed by atoms with van der Waals surface area (Å²) in [6, 6.07) is 17.4. The highest BCUT2D eigenvalue weighted by Crippen LogP contribution is 2.27. The maximum atomic E-state index is 12.3. The number of carbonyl (C=O) groups excluding carboxylic acids is 1. The van der Waals surface area contributed by atoms with Crippen LogP contribution in [0.1, 0.15) is 15.9 Å². The van der Waals surface area contributed by atoms with Crippen molar-refractivity contribution < 1.29 is 9.53 Å². The van der Waals surface area contributed by atoms with Crippen LogP contribution in [0, 0.1) is 0 Å². The predicted octanol–water partition coefficient (Wildman–Crippen LogP) is 4.13. The number of amides is 1. The van der Waals surface area contributed by atoms with E-state index >= 15 is 0 Å². The van der Waals surface area contributed by atoms with Gasteiger partial charge >= 0.3 is 0 Å². The summed E-state index contributed by atoms with van der Waals surface area (Å²) < 4.78 is 6.05.